The lowest BCUT2D eigenvalue weighted by Gasteiger charge is -2.36. The van der Waals surface area contributed by atoms with E-state index in [1.807, 2.05) is 47.1 Å². The van der Waals surface area contributed by atoms with Crippen molar-refractivity contribution in [2.45, 2.75) is 32.4 Å². The van der Waals surface area contributed by atoms with E-state index in [0.717, 1.165) is 36.0 Å². The quantitative estimate of drug-likeness (QED) is 0.490. The number of tetrazole rings is 1. The van der Waals surface area contributed by atoms with Gasteiger partial charge in [-0.2, -0.15) is 0 Å². The van der Waals surface area contributed by atoms with Crippen molar-refractivity contribution in [3.05, 3.63) is 81.9 Å². The van der Waals surface area contributed by atoms with Gasteiger partial charge in [0, 0.05) is 18.2 Å². The Morgan fingerprint density at radius 3 is 2.82 bits per heavy atom. The van der Waals surface area contributed by atoms with Crippen molar-refractivity contribution in [3.8, 4) is 5.75 Å². The van der Waals surface area contributed by atoms with Gasteiger partial charge >= 0.3 is 0 Å². The van der Waals surface area contributed by atoms with Crippen LogP contribution in [0.25, 0.3) is 10.9 Å². The molecule has 0 bridgehead atoms. The number of nitrogens with zero attached hydrogens (tertiary/aromatic N) is 5. The van der Waals surface area contributed by atoms with Crippen LogP contribution in [-0.4, -0.2) is 50.3 Å². The van der Waals surface area contributed by atoms with Gasteiger partial charge in [-0.1, -0.05) is 37.3 Å². The second-order valence-corrected chi connectivity index (χ2v) is 8.83. The summed E-state index contributed by atoms with van der Waals surface area (Å²) in [5.41, 5.74) is 2.38. The zero-order valence-electron chi connectivity index (χ0n) is 18.9. The molecule has 0 aliphatic carbocycles. The van der Waals surface area contributed by atoms with E-state index < -0.39 is 0 Å². The number of likely N-dealkylation sites (tertiary alicyclic amines) is 1. The minimum Gasteiger partial charge on any atom is -0.497 e. The monoisotopic (exact) mass is 444 g/mol. The van der Waals surface area contributed by atoms with E-state index >= 15 is 0 Å². The number of piperidine rings is 1. The molecule has 2 atom stereocenters. The number of hydrogen-bond acceptors (Lipinski definition) is 6. The summed E-state index contributed by atoms with van der Waals surface area (Å²) < 4.78 is 7.13. The molecule has 0 saturated carbocycles. The number of aromatic amines is 1. The van der Waals surface area contributed by atoms with Gasteiger partial charge in [-0.3, -0.25) is 9.69 Å². The molecule has 1 saturated heterocycles. The Morgan fingerprint density at radius 1 is 1.18 bits per heavy atom. The Hall–Kier alpha value is -3.52. The van der Waals surface area contributed by atoms with E-state index in [4.69, 9.17) is 4.74 Å². The standard InChI is InChI=1S/C25H28N6O2/c1-17-7-6-12-30(15-17)23(24-27-28-29-31(24)16-18-8-4-3-5-9-18)21-13-19-10-11-20(33-2)14-22(19)26-25(21)32/h3-5,8-11,13-14,17,23H,6-7,12,15-16H2,1-2H3,(H,26,32)/t17-,23+/m1/s1. The number of methoxy groups -OCH3 is 1. The SMILES string of the molecule is COc1ccc2cc([C@@H](c3nnnn3Cc3ccccc3)N3CCC[C@@H](C)C3)c(=O)[nH]c2c1. The first-order valence-corrected chi connectivity index (χ1v) is 11.4. The number of hydrogen-bond donors (Lipinski definition) is 1. The zero-order valence-corrected chi connectivity index (χ0v) is 18.9. The molecule has 8 nitrogen and oxygen atoms in total. The van der Waals surface area contributed by atoms with Gasteiger partial charge in [0.15, 0.2) is 5.82 Å². The minimum atomic E-state index is -0.332. The van der Waals surface area contributed by atoms with Crippen LogP contribution in [0.2, 0.25) is 0 Å². The van der Waals surface area contributed by atoms with Crippen molar-refractivity contribution in [1.29, 1.82) is 0 Å². The van der Waals surface area contributed by atoms with Gasteiger partial charge in [0.1, 0.15) is 11.8 Å². The maximum absolute atomic E-state index is 13.4. The van der Waals surface area contributed by atoms with E-state index in [1.54, 1.807) is 7.11 Å². The molecule has 0 unspecified atom stereocenters. The maximum Gasteiger partial charge on any atom is 0.253 e. The van der Waals surface area contributed by atoms with E-state index in [2.05, 4.69) is 44.5 Å². The zero-order chi connectivity index (χ0) is 22.8. The van der Waals surface area contributed by atoms with Gasteiger partial charge in [-0.15, -0.1) is 5.10 Å². The average molecular weight is 445 g/mol. The molecule has 3 heterocycles. The number of rotatable bonds is 6. The number of H-pyrrole nitrogens is 1. The van der Waals surface area contributed by atoms with Crippen LogP contribution in [0, 0.1) is 5.92 Å². The Bertz CT molecular complexity index is 1300. The number of aromatic nitrogens is 5. The third-order valence-electron chi connectivity index (χ3n) is 6.41. The van der Waals surface area contributed by atoms with Crippen molar-refractivity contribution >= 4 is 10.9 Å². The fraction of sp³-hybridized carbons (Fsp3) is 0.360. The van der Waals surface area contributed by atoms with Gasteiger partial charge < -0.3 is 9.72 Å². The summed E-state index contributed by atoms with van der Waals surface area (Å²) in [6.45, 7) is 4.59. The van der Waals surface area contributed by atoms with Gasteiger partial charge in [-0.25, -0.2) is 4.68 Å². The topological polar surface area (TPSA) is 88.9 Å². The summed E-state index contributed by atoms with van der Waals surface area (Å²) >= 11 is 0. The first-order chi connectivity index (χ1) is 16.1. The van der Waals surface area contributed by atoms with Crippen LogP contribution in [0.5, 0.6) is 5.75 Å². The summed E-state index contributed by atoms with van der Waals surface area (Å²) in [5.74, 6) is 1.94. The fourth-order valence-corrected chi connectivity index (χ4v) is 4.76. The first-order valence-electron chi connectivity index (χ1n) is 11.4. The Balaban J connectivity index is 1.62. The lowest BCUT2D eigenvalue weighted by atomic mass is 9.95. The van der Waals surface area contributed by atoms with Gasteiger partial charge in [-0.05, 0) is 64.9 Å². The highest BCUT2D eigenvalue weighted by molar-refractivity contribution is 5.80. The van der Waals surface area contributed by atoms with Crippen LogP contribution < -0.4 is 10.3 Å². The number of benzene rings is 2. The maximum atomic E-state index is 13.4. The van der Waals surface area contributed by atoms with Crippen molar-refractivity contribution in [2.24, 2.45) is 5.92 Å². The molecule has 8 heteroatoms. The second kappa shape index (κ2) is 9.15. The van der Waals surface area contributed by atoms with E-state index in [1.165, 1.54) is 6.42 Å². The minimum absolute atomic E-state index is 0.131. The number of fused-ring (bicyclic) bond motifs is 1. The molecule has 0 radical (unpaired) electrons. The molecule has 33 heavy (non-hydrogen) atoms. The first kappa shape index (κ1) is 21.3. The number of pyridine rings is 1. The molecule has 2 aromatic carbocycles. The molecular formula is C25H28N6O2. The van der Waals surface area contributed by atoms with Gasteiger partial charge in [0.05, 0.1) is 19.2 Å². The largest absolute Gasteiger partial charge is 0.497 e. The third-order valence-corrected chi connectivity index (χ3v) is 6.41. The molecule has 1 aliphatic rings. The lowest BCUT2D eigenvalue weighted by molar-refractivity contribution is 0.141. The summed E-state index contributed by atoms with van der Waals surface area (Å²) in [5, 5.41) is 13.7. The number of nitrogens with one attached hydrogen (secondary N) is 1. The van der Waals surface area contributed by atoms with Crippen molar-refractivity contribution in [2.75, 3.05) is 20.2 Å². The summed E-state index contributed by atoms with van der Waals surface area (Å²) in [6.07, 6.45) is 2.27. The predicted molar refractivity (Wildman–Crippen MR) is 126 cm³/mol. The summed E-state index contributed by atoms with van der Waals surface area (Å²) in [6, 6.07) is 17.5. The van der Waals surface area contributed by atoms with E-state index in [9.17, 15) is 4.79 Å². The number of ether oxygens (including phenoxy) is 1. The van der Waals surface area contributed by atoms with Gasteiger partial charge in [0.25, 0.3) is 5.56 Å². The highest BCUT2D eigenvalue weighted by atomic mass is 16.5. The van der Waals surface area contributed by atoms with E-state index in [-0.39, 0.29) is 11.6 Å². The predicted octanol–water partition coefficient (Wildman–Crippen LogP) is 3.39. The highest BCUT2D eigenvalue weighted by Crippen LogP contribution is 2.31. The molecule has 1 N–H and O–H groups in total. The summed E-state index contributed by atoms with van der Waals surface area (Å²) in [7, 11) is 1.62. The molecule has 0 spiro atoms. The molecule has 2 aromatic heterocycles. The Morgan fingerprint density at radius 2 is 2.03 bits per heavy atom. The average Bonchev–Trinajstić information content (AvgIpc) is 3.27. The van der Waals surface area contributed by atoms with Crippen LogP contribution in [0.1, 0.15) is 42.8 Å². The molecule has 0 amide bonds. The second-order valence-electron chi connectivity index (χ2n) is 8.83. The molecule has 170 valence electrons. The molecular weight excluding hydrogens is 416 g/mol. The normalized spacial score (nSPS) is 17.8. The van der Waals surface area contributed by atoms with Crippen LogP contribution >= 0.6 is 0 Å². The molecule has 5 rings (SSSR count). The van der Waals surface area contributed by atoms with Crippen LogP contribution in [0.3, 0.4) is 0 Å². The summed E-state index contributed by atoms with van der Waals surface area (Å²) in [4.78, 5) is 18.8. The van der Waals surface area contributed by atoms with Crippen molar-refractivity contribution in [3.63, 3.8) is 0 Å². The van der Waals surface area contributed by atoms with E-state index in [0.29, 0.717) is 29.6 Å². The lowest BCUT2D eigenvalue weighted by Crippen LogP contribution is -2.41. The molecule has 1 fully saturated rings. The van der Waals surface area contributed by atoms with Gasteiger partial charge in [0.2, 0.25) is 0 Å². The third kappa shape index (κ3) is 4.39. The molecule has 4 aromatic rings. The van der Waals surface area contributed by atoms with Crippen LogP contribution in [0.15, 0.2) is 59.4 Å². The molecule has 1 aliphatic heterocycles. The van der Waals surface area contributed by atoms with Crippen LogP contribution in [-0.2, 0) is 6.54 Å². The fourth-order valence-electron chi connectivity index (χ4n) is 4.76. The van der Waals surface area contributed by atoms with Crippen molar-refractivity contribution in [1.82, 2.24) is 30.1 Å². The highest BCUT2D eigenvalue weighted by Gasteiger charge is 2.32. The van der Waals surface area contributed by atoms with Crippen LogP contribution in [0.4, 0.5) is 0 Å². The van der Waals surface area contributed by atoms with Crippen molar-refractivity contribution < 1.29 is 4.74 Å². The Kier molecular flexibility index (Phi) is 5.92. The Labute approximate surface area is 192 Å². The smallest absolute Gasteiger partial charge is 0.253 e.